The minimum Gasteiger partial charge on any atom is -0.467 e. The fourth-order valence-corrected chi connectivity index (χ4v) is 5.41. The van der Waals surface area contributed by atoms with Gasteiger partial charge in [-0.2, -0.15) is 0 Å². The Morgan fingerprint density at radius 1 is 1.00 bits per heavy atom. The first kappa shape index (κ1) is 22.5. The molecular weight excluding hydrogens is 446 g/mol. The molecule has 1 saturated heterocycles. The van der Waals surface area contributed by atoms with Gasteiger partial charge in [-0.15, -0.1) is 0 Å². The van der Waals surface area contributed by atoms with Gasteiger partial charge in [0.05, 0.1) is 29.5 Å². The molecule has 2 aromatic heterocycles. The van der Waals surface area contributed by atoms with E-state index in [2.05, 4.69) is 24.3 Å². The normalized spacial score (nSPS) is 14.5. The molecule has 174 valence electrons. The molecule has 0 bridgehead atoms. The predicted octanol–water partition coefficient (Wildman–Crippen LogP) is 4.61. The zero-order valence-electron chi connectivity index (χ0n) is 18.9. The second-order valence-corrected chi connectivity index (χ2v) is 9.63. The van der Waals surface area contributed by atoms with Crippen LogP contribution in [0.1, 0.15) is 24.2 Å². The Morgan fingerprint density at radius 3 is 2.53 bits per heavy atom. The molecule has 1 aliphatic rings. The SMILES string of the molecule is O=C(CSc1nc2ccccc2c(=O)n1Cc1ccco1)N1CCC(Cc2ccccc2)CC1. The minimum atomic E-state index is -0.126. The number of fused-ring (bicyclic) bond motifs is 1. The number of carbonyl (C=O) groups excluding carboxylic acids is 1. The van der Waals surface area contributed by atoms with Gasteiger partial charge in [-0.25, -0.2) is 4.98 Å². The minimum absolute atomic E-state index is 0.0927. The van der Waals surface area contributed by atoms with Crippen LogP contribution in [0.3, 0.4) is 0 Å². The lowest BCUT2D eigenvalue weighted by molar-refractivity contribution is -0.129. The summed E-state index contributed by atoms with van der Waals surface area (Å²) in [7, 11) is 0. The van der Waals surface area contributed by atoms with E-state index in [1.54, 1.807) is 23.0 Å². The van der Waals surface area contributed by atoms with E-state index in [-0.39, 0.29) is 23.8 Å². The van der Waals surface area contributed by atoms with E-state index >= 15 is 0 Å². The van der Waals surface area contributed by atoms with Crippen LogP contribution in [0.2, 0.25) is 0 Å². The van der Waals surface area contributed by atoms with Gasteiger partial charge in [-0.3, -0.25) is 14.2 Å². The molecule has 2 aromatic carbocycles. The van der Waals surface area contributed by atoms with Gasteiger partial charge in [0, 0.05) is 13.1 Å². The van der Waals surface area contributed by atoms with E-state index in [1.807, 2.05) is 35.2 Å². The zero-order valence-corrected chi connectivity index (χ0v) is 19.7. The Labute approximate surface area is 202 Å². The summed E-state index contributed by atoms with van der Waals surface area (Å²) < 4.78 is 7.06. The van der Waals surface area contributed by atoms with Crippen molar-refractivity contribution in [3.8, 4) is 0 Å². The fourth-order valence-electron chi connectivity index (χ4n) is 4.51. The third-order valence-electron chi connectivity index (χ3n) is 6.38. The van der Waals surface area contributed by atoms with Crippen molar-refractivity contribution in [3.63, 3.8) is 0 Å². The topological polar surface area (TPSA) is 68.3 Å². The number of benzene rings is 2. The van der Waals surface area contributed by atoms with Gasteiger partial charge in [0.25, 0.3) is 5.56 Å². The zero-order chi connectivity index (χ0) is 23.3. The van der Waals surface area contributed by atoms with Crippen LogP contribution in [0.5, 0.6) is 0 Å². The lowest BCUT2D eigenvalue weighted by atomic mass is 9.90. The molecule has 0 radical (unpaired) electrons. The summed E-state index contributed by atoms with van der Waals surface area (Å²) in [5, 5.41) is 1.10. The maximum Gasteiger partial charge on any atom is 0.262 e. The standard InChI is InChI=1S/C27H27N3O3S/c31-25(29-14-12-21(13-15-29)17-20-7-2-1-3-8-20)19-34-27-28-24-11-5-4-10-23(24)26(32)30(27)18-22-9-6-16-33-22/h1-11,16,21H,12-15,17-19H2. The molecule has 0 N–H and O–H groups in total. The number of likely N-dealkylation sites (tertiary alicyclic amines) is 1. The largest absolute Gasteiger partial charge is 0.467 e. The van der Waals surface area contributed by atoms with Gasteiger partial charge >= 0.3 is 0 Å². The van der Waals surface area contributed by atoms with Crippen LogP contribution in [0, 0.1) is 5.92 Å². The lowest BCUT2D eigenvalue weighted by Gasteiger charge is -2.32. The van der Waals surface area contributed by atoms with Crippen molar-refractivity contribution in [1.29, 1.82) is 0 Å². The number of furan rings is 1. The predicted molar refractivity (Wildman–Crippen MR) is 134 cm³/mol. The Morgan fingerprint density at radius 2 is 1.76 bits per heavy atom. The van der Waals surface area contributed by atoms with Crippen molar-refractivity contribution >= 4 is 28.6 Å². The monoisotopic (exact) mass is 473 g/mol. The van der Waals surface area contributed by atoms with Crippen LogP contribution in [-0.2, 0) is 17.8 Å². The van der Waals surface area contributed by atoms with Crippen molar-refractivity contribution in [2.24, 2.45) is 5.92 Å². The number of para-hydroxylation sites is 1. The number of carbonyl (C=O) groups is 1. The van der Waals surface area contributed by atoms with E-state index in [0.29, 0.717) is 27.7 Å². The van der Waals surface area contributed by atoms with Gasteiger partial charge in [0.2, 0.25) is 5.91 Å². The molecule has 0 spiro atoms. The van der Waals surface area contributed by atoms with Crippen LogP contribution in [0.15, 0.2) is 87.4 Å². The highest BCUT2D eigenvalue weighted by molar-refractivity contribution is 7.99. The van der Waals surface area contributed by atoms with E-state index < -0.39 is 0 Å². The van der Waals surface area contributed by atoms with Crippen LogP contribution < -0.4 is 5.56 Å². The average molecular weight is 474 g/mol. The first-order valence-corrected chi connectivity index (χ1v) is 12.6. The number of hydrogen-bond acceptors (Lipinski definition) is 5. The summed E-state index contributed by atoms with van der Waals surface area (Å²) in [6.45, 7) is 1.84. The van der Waals surface area contributed by atoms with Gasteiger partial charge in [-0.1, -0.05) is 54.2 Å². The molecule has 0 aliphatic carbocycles. The van der Waals surface area contributed by atoms with Crippen molar-refractivity contribution < 1.29 is 9.21 Å². The molecule has 3 heterocycles. The summed E-state index contributed by atoms with van der Waals surface area (Å²) >= 11 is 1.32. The molecule has 0 unspecified atom stereocenters. The molecule has 7 heteroatoms. The highest BCUT2D eigenvalue weighted by atomic mass is 32.2. The van der Waals surface area contributed by atoms with Gasteiger partial charge in [-0.05, 0) is 55.0 Å². The molecule has 34 heavy (non-hydrogen) atoms. The summed E-state index contributed by atoms with van der Waals surface area (Å²) in [5.41, 5.74) is 1.87. The number of rotatable bonds is 7. The summed E-state index contributed by atoms with van der Waals surface area (Å²) in [6.07, 6.45) is 4.69. The number of thioether (sulfide) groups is 1. The molecule has 1 fully saturated rings. The Bertz CT molecular complexity index is 1310. The Kier molecular flexibility index (Phi) is 6.81. The van der Waals surface area contributed by atoms with E-state index in [9.17, 15) is 9.59 Å². The molecule has 4 aromatic rings. The molecule has 5 rings (SSSR count). The third kappa shape index (κ3) is 5.09. The number of hydrogen-bond donors (Lipinski definition) is 0. The number of piperidine rings is 1. The number of aromatic nitrogens is 2. The van der Waals surface area contributed by atoms with Crippen LogP contribution in [0.25, 0.3) is 10.9 Å². The van der Waals surface area contributed by atoms with Crippen LogP contribution in [0.4, 0.5) is 0 Å². The molecule has 6 nitrogen and oxygen atoms in total. The van der Waals surface area contributed by atoms with Crippen molar-refractivity contribution in [1.82, 2.24) is 14.5 Å². The van der Waals surface area contributed by atoms with Crippen LogP contribution in [-0.4, -0.2) is 39.2 Å². The number of amides is 1. The van der Waals surface area contributed by atoms with Crippen molar-refractivity contribution in [3.05, 3.63) is 94.7 Å². The highest BCUT2D eigenvalue weighted by Crippen LogP contribution is 2.24. The molecule has 0 atom stereocenters. The quantitative estimate of drug-likeness (QED) is 0.290. The third-order valence-corrected chi connectivity index (χ3v) is 7.34. The second-order valence-electron chi connectivity index (χ2n) is 8.68. The van der Waals surface area contributed by atoms with Crippen molar-refractivity contribution in [2.45, 2.75) is 31.0 Å². The van der Waals surface area contributed by atoms with Gasteiger partial charge in [0.15, 0.2) is 5.16 Å². The molecule has 0 saturated carbocycles. The van der Waals surface area contributed by atoms with E-state index in [1.165, 1.54) is 17.3 Å². The fraction of sp³-hybridized carbons (Fsp3) is 0.296. The Balaban J connectivity index is 1.25. The average Bonchev–Trinajstić information content (AvgIpc) is 3.39. The smallest absolute Gasteiger partial charge is 0.262 e. The molecular formula is C27H27N3O3S. The molecule has 1 aliphatic heterocycles. The summed E-state index contributed by atoms with van der Waals surface area (Å²) in [5.74, 6) is 1.63. The summed E-state index contributed by atoms with van der Waals surface area (Å²) in [6, 6.07) is 21.5. The van der Waals surface area contributed by atoms with Crippen molar-refractivity contribution in [2.75, 3.05) is 18.8 Å². The molecule has 1 amide bonds. The van der Waals surface area contributed by atoms with E-state index in [0.717, 1.165) is 32.4 Å². The second kappa shape index (κ2) is 10.3. The maximum absolute atomic E-state index is 13.2. The van der Waals surface area contributed by atoms with Crippen LogP contribution >= 0.6 is 11.8 Å². The maximum atomic E-state index is 13.2. The Hall–Kier alpha value is -3.32. The lowest BCUT2D eigenvalue weighted by Crippen LogP contribution is -2.40. The number of nitrogens with zero attached hydrogens (tertiary/aromatic N) is 3. The van der Waals surface area contributed by atoms with Gasteiger partial charge in [0.1, 0.15) is 5.76 Å². The summed E-state index contributed by atoms with van der Waals surface area (Å²) in [4.78, 5) is 32.8. The van der Waals surface area contributed by atoms with Gasteiger partial charge < -0.3 is 9.32 Å². The first-order valence-electron chi connectivity index (χ1n) is 11.6. The first-order chi connectivity index (χ1) is 16.7. The van der Waals surface area contributed by atoms with E-state index in [4.69, 9.17) is 9.40 Å². The highest BCUT2D eigenvalue weighted by Gasteiger charge is 2.24.